The monoisotopic (exact) mass is 254 g/mol. The number of carbonyl (C=O) groups is 2. The van der Waals surface area contributed by atoms with E-state index < -0.39 is 17.4 Å². The first kappa shape index (κ1) is 14.7. The molecule has 0 aromatic heterocycles. The lowest BCUT2D eigenvalue weighted by Crippen LogP contribution is -2.41. The fourth-order valence-corrected chi connectivity index (χ4v) is 2.21. The summed E-state index contributed by atoms with van der Waals surface area (Å²) in [5, 5.41) is 0. The smallest absolute Gasteiger partial charge is 0.323 e. The lowest BCUT2D eigenvalue weighted by molar-refractivity contribution is -0.172. The van der Waals surface area contributed by atoms with Gasteiger partial charge in [-0.15, -0.1) is 0 Å². The van der Waals surface area contributed by atoms with Crippen molar-refractivity contribution >= 4 is 11.9 Å². The number of hydrogen-bond donors (Lipinski definition) is 0. The summed E-state index contributed by atoms with van der Waals surface area (Å²) < 4.78 is 10.1. The van der Waals surface area contributed by atoms with Crippen LogP contribution < -0.4 is 0 Å². The Morgan fingerprint density at radius 1 is 1.22 bits per heavy atom. The second kappa shape index (κ2) is 6.57. The molecule has 0 aromatic carbocycles. The highest BCUT2D eigenvalue weighted by Gasteiger charge is 2.48. The standard InChI is InChI=1S/C14H22O4/c1-4-17-12(15)14(13(16)18-5-2)9-6-7-11(3)8-10-14/h8H,4-7,9-10H2,1-3H3. The molecule has 0 aliphatic heterocycles. The fraction of sp³-hybridized carbons (Fsp3) is 0.714. The van der Waals surface area contributed by atoms with E-state index >= 15 is 0 Å². The molecule has 0 bridgehead atoms. The van der Waals surface area contributed by atoms with E-state index in [1.54, 1.807) is 13.8 Å². The molecule has 1 aliphatic carbocycles. The average molecular weight is 254 g/mol. The zero-order valence-corrected chi connectivity index (χ0v) is 11.5. The zero-order valence-electron chi connectivity index (χ0n) is 11.5. The summed E-state index contributed by atoms with van der Waals surface area (Å²) in [6.07, 6.45) is 4.57. The third kappa shape index (κ3) is 3.12. The minimum atomic E-state index is -1.14. The number of allylic oxidation sites excluding steroid dienone is 2. The third-order valence-corrected chi connectivity index (χ3v) is 3.31. The highest BCUT2D eigenvalue weighted by Crippen LogP contribution is 2.36. The molecular weight excluding hydrogens is 232 g/mol. The number of esters is 2. The van der Waals surface area contributed by atoms with Gasteiger partial charge >= 0.3 is 11.9 Å². The molecule has 0 saturated heterocycles. The second-order valence-corrected chi connectivity index (χ2v) is 4.63. The molecule has 0 amide bonds. The van der Waals surface area contributed by atoms with Gasteiger partial charge in [-0.25, -0.2) is 0 Å². The van der Waals surface area contributed by atoms with E-state index in [2.05, 4.69) is 0 Å². The molecule has 0 fully saturated rings. The first-order valence-electron chi connectivity index (χ1n) is 6.57. The maximum atomic E-state index is 12.1. The van der Waals surface area contributed by atoms with Crippen LogP contribution in [-0.2, 0) is 19.1 Å². The predicted octanol–water partition coefficient (Wildman–Crippen LogP) is 2.62. The highest BCUT2D eigenvalue weighted by atomic mass is 16.6. The Balaban J connectivity index is 3.00. The molecule has 1 aliphatic rings. The average Bonchev–Trinajstić information content (AvgIpc) is 2.53. The zero-order chi connectivity index (χ0) is 13.6. The lowest BCUT2D eigenvalue weighted by Gasteiger charge is -2.27. The topological polar surface area (TPSA) is 52.6 Å². The van der Waals surface area contributed by atoms with Crippen molar-refractivity contribution in [3.63, 3.8) is 0 Å². The summed E-state index contributed by atoms with van der Waals surface area (Å²) in [5.74, 6) is -0.899. The molecule has 4 heteroatoms. The number of hydrogen-bond acceptors (Lipinski definition) is 4. The Morgan fingerprint density at radius 2 is 1.78 bits per heavy atom. The van der Waals surface area contributed by atoms with Crippen LogP contribution in [0.3, 0.4) is 0 Å². The summed E-state index contributed by atoms with van der Waals surface area (Å²) in [5.41, 5.74) is 0.0783. The van der Waals surface area contributed by atoms with Gasteiger partial charge in [0.1, 0.15) is 0 Å². The maximum absolute atomic E-state index is 12.1. The van der Waals surface area contributed by atoms with E-state index in [9.17, 15) is 9.59 Å². The summed E-state index contributed by atoms with van der Waals surface area (Å²) in [4.78, 5) is 24.3. The van der Waals surface area contributed by atoms with Crippen molar-refractivity contribution < 1.29 is 19.1 Å². The fourth-order valence-electron chi connectivity index (χ4n) is 2.21. The van der Waals surface area contributed by atoms with Crippen molar-refractivity contribution in [1.82, 2.24) is 0 Å². The van der Waals surface area contributed by atoms with Gasteiger partial charge in [0.15, 0.2) is 5.41 Å². The molecule has 0 atom stereocenters. The predicted molar refractivity (Wildman–Crippen MR) is 67.9 cm³/mol. The number of carbonyl (C=O) groups excluding carboxylic acids is 2. The normalized spacial score (nSPS) is 18.5. The molecule has 102 valence electrons. The van der Waals surface area contributed by atoms with Crippen LogP contribution in [0.1, 0.15) is 46.5 Å². The van der Waals surface area contributed by atoms with Gasteiger partial charge in [-0.3, -0.25) is 9.59 Å². The van der Waals surface area contributed by atoms with Gasteiger partial charge in [0, 0.05) is 0 Å². The van der Waals surface area contributed by atoms with E-state index in [1.807, 2.05) is 13.0 Å². The van der Waals surface area contributed by atoms with E-state index in [4.69, 9.17) is 9.47 Å². The Morgan fingerprint density at radius 3 is 2.28 bits per heavy atom. The van der Waals surface area contributed by atoms with Crippen LogP contribution in [0.4, 0.5) is 0 Å². The van der Waals surface area contributed by atoms with Crippen LogP contribution in [0, 0.1) is 5.41 Å². The molecular formula is C14H22O4. The second-order valence-electron chi connectivity index (χ2n) is 4.63. The molecule has 1 rings (SSSR count). The highest BCUT2D eigenvalue weighted by molar-refractivity contribution is 6.00. The number of ether oxygens (including phenoxy) is 2. The minimum absolute atomic E-state index is 0.280. The van der Waals surface area contributed by atoms with Gasteiger partial charge in [-0.1, -0.05) is 11.6 Å². The first-order valence-corrected chi connectivity index (χ1v) is 6.57. The van der Waals surface area contributed by atoms with Crippen LogP contribution in [0.5, 0.6) is 0 Å². The van der Waals surface area contributed by atoms with Crippen LogP contribution >= 0.6 is 0 Å². The molecule has 18 heavy (non-hydrogen) atoms. The van der Waals surface area contributed by atoms with Gasteiger partial charge in [-0.2, -0.15) is 0 Å². The summed E-state index contributed by atoms with van der Waals surface area (Å²) in [6.45, 7) is 6.07. The van der Waals surface area contributed by atoms with Gasteiger partial charge in [0.25, 0.3) is 0 Å². The molecule has 0 unspecified atom stereocenters. The maximum Gasteiger partial charge on any atom is 0.323 e. The SMILES string of the molecule is CCOC(=O)C1(C(=O)OCC)CC=C(C)CCC1. The van der Waals surface area contributed by atoms with Crippen molar-refractivity contribution in [2.45, 2.75) is 46.5 Å². The van der Waals surface area contributed by atoms with Gasteiger partial charge in [0.2, 0.25) is 0 Å². The number of rotatable bonds is 4. The molecule has 0 aromatic rings. The third-order valence-electron chi connectivity index (χ3n) is 3.31. The van der Waals surface area contributed by atoms with Crippen molar-refractivity contribution in [2.24, 2.45) is 5.41 Å². The van der Waals surface area contributed by atoms with Crippen molar-refractivity contribution in [1.29, 1.82) is 0 Å². The van der Waals surface area contributed by atoms with E-state index in [1.165, 1.54) is 5.57 Å². The summed E-state index contributed by atoms with van der Waals surface area (Å²) in [6, 6.07) is 0. The van der Waals surface area contributed by atoms with E-state index in [0.717, 1.165) is 12.8 Å². The minimum Gasteiger partial charge on any atom is -0.465 e. The first-order chi connectivity index (χ1) is 8.56. The van der Waals surface area contributed by atoms with Crippen molar-refractivity contribution in [3.8, 4) is 0 Å². The summed E-state index contributed by atoms with van der Waals surface area (Å²) in [7, 11) is 0. The van der Waals surface area contributed by atoms with E-state index in [-0.39, 0.29) is 13.2 Å². The Labute approximate surface area is 108 Å². The van der Waals surface area contributed by atoms with Crippen molar-refractivity contribution in [3.05, 3.63) is 11.6 Å². The quantitative estimate of drug-likeness (QED) is 0.439. The molecule has 0 spiro atoms. The molecule has 0 N–H and O–H groups in total. The van der Waals surface area contributed by atoms with Gasteiger partial charge < -0.3 is 9.47 Å². The Kier molecular flexibility index (Phi) is 5.38. The lowest BCUT2D eigenvalue weighted by atomic mass is 9.80. The molecule has 0 saturated carbocycles. The van der Waals surface area contributed by atoms with Crippen LogP contribution in [0.2, 0.25) is 0 Å². The molecule has 4 nitrogen and oxygen atoms in total. The Bertz CT molecular complexity index is 326. The largest absolute Gasteiger partial charge is 0.465 e. The van der Waals surface area contributed by atoms with Crippen LogP contribution in [-0.4, -0.2) is 25.2 Å². The van der Waals surface area contributed by atoms with Gasteiger partial charge in [0.05, 0.1) is 13.2 Å². The molecule has 0 heterocycles. The van der Waals surface area contributed by atoms with Gasteiger partial charge in [-0.05, 0) is 46.5 Å². The van der Waals surface area contributed by atoms with Crippen molar-refractivity contribution in [2.75, 3.05) is 13.2 Å². The summed E-state index contributed by atoms with van der Waals surface area (Å²) >= 11 is 0. The van der Waals surface area contributed by atoms with Crippen LogP contribution in [0.15, 0.2) is 11.6 Å². The van der Waals surface area contributed by atoms with E-state index in [0.29, 0.717) is 12.8 Å². The molecule has 0 radical (unpaired) electrons. The Hall–Kier alpha value is -1.32. The van der Waals surface area contributed by atoms with Crippen LogP contribution in [0.25, 0.3) is 0 Å².